The zero-order valence-electron chi connectivity index (χ0n) is 11.7. The second-order valence-electron chi connectivity index (χ2n) is 5.63. The van der Waals surface area contributed by atoms with Crippen molar-refractivity contribution < 1.29 is 4.79 Å². The van der Waals surface area contributed by atoms with Gasteiger partial charge < -0.3 is 5.32 Å². The van der Waals surface area contributed by atoms with Crippen LogP contribution in [0.4, 0.5) is 0 Å². The number of carbonyl (C=O) groups excluding carboxylic acids is 1. The van der Waals surface area contributed by atoms with Gasteiger partial charge in [0.25, 0.3) is 0 Å². The van der Waals surface area contributed by atoms with Crippen LogP contribution >= 0.6 is 0 Å². The summed E-state index contributed by atoms with van der Waals surface area (Å²) in [5.74, 6) is 0.0856. The first-order valence-electron chi connectivity index (χ1n) is 6.78. The second-order valence-corrected chi connectivity index (χ2v) is 5.63. The Morgan fingerprint density at radius 2 is 1.88 bits per heavy atom. The van der Waals surface area contributed by atoms with Crippen molar-refractivity contribution >= 4 is 5.91 Å². The van der Waals surface area contributed by atoms with Crippen LogP contribution in [0.15, 0.2) is 0 Å². The van der Waals surface area contributed by atoms with Crippen LogP contribution in [0.25, 0.3) is 0 Å². The molecule has 0 bridgehead atoms. The number of carbonyl (C=O) groups is 1. The van der Waals surface area contributed by atoms with Crippen LogP contribution < -0.4 is 10.7 Å². The van der Waals surface area contributed by atoms with E-state index in [1.807, 2.05) is 6.92 Å². The summed E-state index contributed by atoms with van der Waals surface area (Å²) in [5, 5.41) is 5.24. The fourth-order valence-corrected chi connectivity index (χ4v) is 1.89. The third-order valence-corrected chi connectivity index (χ3v) is 3.47. The summed E-state index contributed by atoms with van der Waals surface area (Å²) >= 11 is 0. The smallest absolute Gasteiger partial charge is 0.238 e. The van der Waals surface area contributed by atoms with Gasteiger partial charge in [0.15, 0.2) is 0 Å². The zero-order valence-corrected chi connectivity index (χ0v) is 11.7. The monoisotopic (exact) mass is 241 g/mol. The SMILES string of the molecule is CCC(C)(C)NC(=O)C(C)NN1CCCCC1. The molecule has 1 saturated heterocycles. The van der Waals surface area contributed by atoms with Crippen LogP contribution in [0.2, 0.25) is 0 Å². The topological polar surface area (TPSA) is 44.4 Å². The molecule has 1 fully saturated rings. The van der Waals surface area contributed by atoms with E-state index in [0.717, 1.165) is 19.5 Å². The van der Waals surface area contributed by atoms with Gasteiger partial charge in [-0.3, -0.25) is 4.79 Å². The minimum absolute atomic E-state index is 0.0856. The summed E-state index contributed by atoms with van der Waals surface area (Å²) in [4.78, 5) is 12.0. The lowest BCUT2D eigenvalue weighted by atomic mass is 10.0. The maximum Gasteiger partial charge on any atom is 0.238 e. The molecule has 1 atom stereocenters. The number of nitrogens with one attached hydrogen (secondary N) is 2. The molecule has 0 aromatic carbocycles. The van der Waals surface area contributed by atoms with E-state index in [4.69, 9.17) is 0 Å². The summed E-state index contributed by atoms with van der Waals surface area (Å²) in [5.41, 5.74) is 3.17. The van der Waals surface area contributed by atoms with E-state index in [1.54, 1.807) is 0 Å². The first-order valence-corrected chi connectivity index (χ1v) is 6.78. The summed E-state index contributed by atoms with van der Waals surface area (Å²) in [6.07, 6.45) is 4.69. The molecular weight excluding hydrogens is 214 g/mol. The van der Waals surface area contributed by atoms with Gasteiger partial charge in [0, 0.05) is 18.6 Å². The van der Waals surface area contributed by atoms with E-state index in [1.165, 1.54) is 19.3 Å². The summed E-state index contributed by atoms with van der Waals surface area (Å²) in [7, 11) is 0. The highest BCUT2D eigenvalue weighted by molar-refractivity contribution is 5.81. The molecule has 4 heteroatoms. The fraction of sp³-hybridized carbons (Fsp3) is 0.923. The molecule has 1 unspecified atom stereocenters. The van der Waals surface area contributed by atoms with E-state index < -0.39 is 0 Å². The van der Waals surface area contributed by atoms with Crippen molar-refractivity contribution in [3.8, 4) is 0 Å². The molecule has 2 N–H and O–H groups in total. The number of hydrazine groups is 1. The highest BCUT2D eigenvalue weighted by Crippen LogP contribution is 2.09. The third kappa shape index (κ3) is 5.04. The van der Waals surface area contributed by atoms with Gasteiger partial charge in [-0.25, -0.2) is 10.4 Å². The standard InChI is InChI=1S/C13H27N3O/c1-5-13(3,4)14-12(17)11(2)15-16-9-7-6-8-10-16/h11,15H,5-10H2,1-4H3,(H,14,17). The predicted octanol–water partition coefficient (Wildman–Crippen LogP) is 1.67. The third-order valence-electron chi connectivity index (χ3n) is 3.47. The number of hydrogen-bond acceptors (Lipinski definition) is 3. The maximum absolute atomic E-state index is 12.0. The predicted molar refractivity (Wildman–Crippen MR) is 70.5 cm³/mol. The number of piperidine rings is 1. The first kappa shape index (κ1) is 14.5. The van der Waals surface area contributed by atoms with Crippen LogP contribution in [0, 0.1) is 0 Å². The lowest BCUT2D eigenvalue weighted by Crippen LogP contribution is -2.55. The quantitative estimate of drug-likeness (QED) is 0.769. The average Bonchev–Trinajstić information content (AvgIpc) is 2.30. The van der Waals surface area contributed by atoms with Crippen LogP contribution in [0.1, 0.15) is 53.4 Å². The molecule has 0 spiro atoms. The van der Waals surface area contributed by atoms with Gasteiger partial charge in [0.1, 0.15) is 0 Å². The van der Waals surface area contributed by atoms with Gasteiger partial charge >= 0.3 is 0 Å². The molecule has 4 nitrogen and oxygen atoms in total. The van der Waals surface area contributed by atoms with Gasteiger partial charge in [-0.15, -0.1) is 0 Å². The molecule has 1 aliphatic rings. The molecular formula is C13H27N3O. The van der Waals surface area contributed by atoms with Gasteiger partial charge in [-0.2, -0.15) is 0 Å². The Hall–Kier alpha value is -0.610. The Morgan fingerprint density at radius 1 is 1.29 bits per heavy atom. The van der Waals surface area contributed by atoms with Crippen LogP contribution in [-0.2, 0) is 4.79 Å². The van der Waals surface area contributed by atoms with Crippen molar-refractivity contribution in [1.29, 1.82) is 0 Å². The van der Waals surface area contributed by atoms with Crippen LogP contribution in [0.5, 0.6) is 0 Å². The minimum Gasteiger partial charge on any atom is -0.350 e. The summed E-state index contributed by atoms with van der Waals surface area (Å²) in [6.45, 7) is 10.2. The van der Waals surface area contributed by atoms with Crippen molar-refractivity contribution in [2.45, 2.75) is 65.0 Å². The molecule has 100 valence electrons. The fourth-order valence-electron chi connectivity index (χ4n) is 1.89. The molecule has 1 heterocycles. The van der Waals surface area contributed by atoms with E-state index in [9.17, 15) is 4.79 Å². The molecule has 1 rings (SSSR count). The van der Waals surface area contributed by atoms with Gasteiger partial charge in [-0.05, 0) is 40.0 Å². The van der Waals surface area contributed by atoms with Crippen molar-refractivity contribution in [1.82, 2.24) is 15.8 Å². The molecule has 1 amide bonds. The van der Waals surface area contributed by atoms with E-state index in [-0.39, 0.29) is 17.5 Å². The summed E-state index contributed by atoms with van der Waals surface area (Å²) < 4.78 is 0. The number of hydrogen-bond donors (Lipinski definition) is 2. The van der Waals surface area contributed by atoms with Crippen molar-refractivity contribution in [2.75, 3.05) is 13.1 Å². The molecule has 0 radical (unpaired) electrons. The molecule has 1 aliphatic heterocycles. The molecule has 0 aromatic heterocycles. The zero-order chi connectivity index (χ0) is 12.9. The minimum atomic E-state index is -0.154. The Labute approximate surface area is 105 Å². The summed E-state index contributed by atoms with van der Waals surface area (Å²) in [6, 6.07) is -0.154. The van der Waals surface area contributed by atoms with E-state index >= 15 is 0 Å². The first-order chi connectivity index (χ1) is 7.94. The van der Waals surface area contributed by atoms with Crippen molar-refractivity contribution in [3.05, 3.63) is 0 Å². The van der Waals surface area contributed by atoms with E-state index in [2.05, 4.69) is 36.5 Å². The lowest BCUT2D eigenvalue weighted by Gasteiger charge is -2.32. The van der Waals surface area contributed by atoms with Crippen molar-refractivity contribution in [3.63, 3.8) is 0 Å². The average molecular weight is 241 g/mol. The van der Waals surface area contributed by atoms with Gasteiger partial charge in [-0.1, -0.05) is 13.3 Å². The largest absolute Gasteiger partial charge is 0.350 e. The molecule has 0 aromatic rings. The number of nitrogens with zero attached hydrogens (tertiary/aromatic N) is 1. The Kier molecular flexibility index (Phi) is 5.40. The molecule has 0 aliphatic carbocycles. The highest BCUT2D eigenvalue weighted by atomic mass is 16.2. The number of amides is 1. The Bertz CT molecular complexity index is 247. The Morgan fingerprint density at radius 3 is 2.41 bits per heavy atom. The van der Waals surface area contributed by atoms with Gasteiger partial charge in [0.2, 0.25) is 5.91 Å². The normalized spacial score (nSPS) is 20.0. The second kappa shape index (κ2) is 6.36. The molecule has 0 saturated carbocycles. The van der Waals surface area contributed by atoms with E-state index in [0.29, 0.717) is 0 Å². The van der Waals surface area contributed by atoms with Crippen molar-refractivity contribution in [2.24, 2.45) is 0 Å². The Balaban J connectivity index is 2.35. The highest BCUT2D eigenvalue weighted by Gasteiger charge is 2.23. The van der Waals surface area contributed by atoms with Crippen LogP contribution in [0.3, 0.4) is 0 Å². The van der Waals surface area contributed by atoms with Gasteiger partial charge in [0.05, 0.1) is 6.04 Å². The molecule has 17 heavy (non-hydrogen) atoms. The lowest BCUT2D eigenvalue weighted by molar-refractivity contribution is -0.126. The number of rotatable bonds is 5. The maximum atomic E-state index is 12.0. The van der Waals surface area contributed by atoms with Crippen LogP contribution in [-0.4, -0.2) is 35.6 Å².